The highest BCUT2D eigenvalue weighted by Crippen LogP contribution is 2.30. The Hall–Kier alpha value is -1.46. The molecule has 1 aromatic heterocycles. The molecule has 0 radical (unpaired) electrons. The molecule has 0 saturated heterocycles. The van der Waals surface area contributed by atoms with Crippen LogP contribution in [0.1, 0.15) is 25.0 Å². The van der Waals surface area contributed by atoms with E-state index in [2.05, 4.69) is 9.88 Å². The monoisotopic (exact) mass is 263 g/mol. The van der Waals surface area contributed by atoms with Crippen molar-refractivity contribution in [2.75, 3.05) is 13.6 Å². The van der Waals surface area contributed by atoms with Gasteiger partial charge in [0.25, 0.3) is 0 Å². The maximum Gasteiger partial charge on any atom is 0.323 e. The molecular formula is C14H21N3O2. The van der Waals surface area contributed by atoms with Crippen LogP contribution in [0.25, 0.3) is 0 Å². The van der Waals surface area contributed by atoms with Gasteiger partial charge in [-0.2, -0.15) is 0 Å². The molecule has 19 heavy (non-hydrogen) atoms. The highest BCUT2D eigenvalue weighted by Gasteiger charge is 2.43. The molecule has 1 aliphatic carbocycles. The molecule has 104 valence electrons. The Morgan fingerprint density at radius 2 is 2.42 bits per heavy atom. The molecule has 0 amide bonds. The predicted molar refractivity (Wildman–Crippen MR) is 72.8 cm³/mol. The average Bonchev–Trinajstić information content (AvgIpc) is 2.81. The Labute approximate surface area is 113 Å². The minimum Gasteiger partial charge on any atom is -0.480 e. The standard InChI is InChI=1S/C14H21N3O2/c1-17(9-6-11-4-2-3-8-16-11)12-5-7-14(15,10-12)13(18)19/h2-4,8,12H,5-7,9-10,15H2,1H3,(H,18,19). The Kier molecular flexibility index (Phi) is 4.17. The van der Waals surface area contributed by atoms with Gasteiger partial charge in [0.2, 0.25) is 0 Å². The van der Waals surface area contributed by atoms with Crippen molar-refractivity contribution in [2.45, 2.75) is 37.3 Å². The molecule has 3 N–H and O–H groups in total. The maximum atomic E-state index is 11.1. The summed E-state index contributed by atoms with van der Waals surface area (Å²) in [5.74, 6) is -0.881. The molecule has 1 heterocycles. The number of carboxylic acids is 1. The van der Waals surface area contributed by atoms with Gasteiger partial charge in [-0.1, -0.05) is 6.07 Å². The number of hydrogen-bond donors (Lipinski definition) is 2. The van der Waals surface area contributed by atoms with Crippen molar-refractivity contribution in [2.24, 2.45) is 5.73 Å². The van der Waals surface area contributed by atoms with E-state index in [1.807, 2.05) is 25.2 Å². The minimum atomic E-state index is -1.04. The quantitative estimate of drug-likeness (QED) is 0.824. The van der Waals surface area contributed by atoms with E-state index in [9.17, 15) is 4.79 Å². The Bertz CT molecular complexity index is 438. The second-order valence-corrected chi connectivity index (χ2v) is 5.41. The van der Waals surface area contributed by atoms with Crippen molar-refractivity contribution in [1.82, 2.24) is 9.88 Å². The van der Waals surface area contributed by atoms with E-state index in [1.54, 1.807) is 6.20 Å². The lowest BCUT2D eigenvalue weighted by atomic mass is 9.99. The molecule has 5 nitrogen and oxygen atoms in total. The molecule has 1 aromatic rings. The van der Waals surface area contributed by atoms with Gasteiger partial charge >= 0.3 is 5.97 Å². The Morgan fingerprint density at radius 1 is 1.63 bits per heavy atom. The van der Waals surface area contributed by atoms with Crippen LogP contribution in [0.2, 0.25) is 0 Å². The molecule has 0 aromatic carbocycles. The van der Waals surface area contributed by atoms with E-state index < -0.39 is 11.5 Å². The van der Waals surface area contributed by atoms with Crippen LogP contribution < -0.4 is 5.73 Å². The summed E-state index contributed by atoms with van der Waals surface area (Å²) in [7, 11) is 2.03. The molecule has 2 atom stereocenters. The fourth-order valence-corrected chi connectivity index (χ4v) is 2.64. The largest absolute Gasteiger partial charge is 0.480 e. The molecule has 1 saturated carbocycles. The Balaban J connectivity index is 1.85. The molecule has 2 rings (SSSR count). The van der Waals surface area contributed by atoms with Crippen LogP contribution in [0, 0.1) is 0 Å². The van der Waals surface area contributed by atoms with Gasteiger partial charge in [-0.25, -0.2) is 0 Å². The minimum absolute atomic E-state index is 0.254. The molecule has 0 bridgehead atoms. The number of pyridine rings is 1. The van der Waals surface area contributed by atoms with Gasteiger partial charge in [0.15, 0.2) is 0 Å². The van der Waals surface area contributed by atoms with Gasteiger partial charge in [-0.15, -0.1) is 0 Å². The molecule has 2 unspecified atom stereocenters. The van der Waals surface area contributed by atoms with Crippen LogP contribution in [0.15, 0.2) is 24.4 Å². The Morgan fingerprint density at radius 3 is 3.00 bits per heavy atom. The summed E-state index contributed by atoms with van der Waals surface area (Å²) >= 11 is 0. The van der Waals surface area contributed by atoms with Gasteiger partial charge in [-0.3, -0.25) is 9.78 Å². The lowest BCUT2D eigenvalue weighted by Crippen LogP contribution is -2.47. The molecule has 5 heteroatoms. The third-order valence-electron chi connectivity index (χ3n) is 4.02. The average molecular weight is 263 g/mol. The van der Waals surface area contributed by atoms with Crippen LogP contribution in [-0.4, -0.2) is 46.1 Å². The molecule has 1 aliphatic rings. The normalized spacial score (nSPS) is 26.8. The molecule has 1 fully saturated rings. The van der Waals surface area contributed by atoms with Crippen molar-refractivity contribution < 1.29 is 9.90 Å². The van der Waals surface area contributed by atoms with Crippen LogP contribution in [-0.2, 0) is 11.2 Å². The lowest BCUT2D eigenvalue weighted by molar-refractivity contribution is -0.143. The molecule has 0 aliphatic heterocycles. The number of rotatable bonds is 5. The van der Waals surface area contributed by atoms with Crippen molar-refractivity contribution in [3.05, 3.63) is 30.1 Å². The zero-order valence-corrected chi connectivity index (χ0v) is 11.2. The van der Waals surface area contributed by atoms with E-state index in [0.29, 0.717) is 12.8 Å². The summed E-state index contributed by atoms with van der Waals surface area (Å²) in [4.78, 5) is 17.6. The first kappa shape index (κ1) is 14.0. The fraction of sp³-hybridized carbons (Fsp3) is 0.571. The maximum absolute atomic E-state index is 11.1. The summed E-state index contributed by atoms with van der Waals surface area (Å²) < 4.78 is 0. The van der Waals surface area contributed by atoms with Crippen LogP contribution >= 0.6 is 0 Å². The van der Waals surface area contributed by atoms with Crippen LogP contribution in [0.5, 0.6) is 0 Å². The topological polar surface area (TPSA) is 79.5 Å². The first-order chi connectivity index (χ1) is 9.01. The number of nitrogens with zero attached hydrogens (tertiary/aromatic N) is 2. The molecular weight excluding hydrogens is 242 g/mol. The summed E-state index contributed by atoms with van der Waals surface area (Å²) in [5.41, 5.74) is 5.92. The number of nitrogens with two attached hydrogens (primary N) is 1. The first-order valence-electron chi connectivity index (χ1n) is 6.64. The first-order valence-corrected chi connectivity index (χ1v) is 6.64. The number of aliphatic carboxylic acids is 1. The highest BCUT2D eigenvalue weighted by atomic mass is 16.4. The third-order valence-corrected chi connectivity index (χ3v) is 4.02. The number of hydrogen-bond acceptors (Lipinski definition) is 4. The summed E-state index contributed by atoms with van der Waals surface area (Å²) in [6, 6.07) is 6.14. The van der Waals surface area contributed by atoms with Crippen molar-refractivity contribution in [3.63, 3.8) is 0 Å². The third kappa shape index (κ3) is 3.30. The summed E-state index contributed by atoms with van der Waals surface area (Å²) in [5, 5.41) is 9.13. The number of likely N-dealkylation sites (N-methyl/N-ethyl adjacent to an activating group) is 1. The fourth-order valence-electron chi connectivity index (χ4n) is 2.64. The van der Waals surface area contributed by atoms with E-state index in [1.165, 1.54) is 0 Å². The number of carboxylic acid groups (broad SMARTS) is 1. The van der Waals surface area contributed by atoms with Gasteiger partial charge in [-0.05, 0) is 38.4 Å². The van der Waals surface area contributed by atoms with E-state index in [0.717, 1.165) is 25.1 Å². The summed E-state index contributed by atoms with van der Waals surface area (Å²) in [6.07, 6.45) is 4.60. The van der Waals surface area contributed by atoms with Gasteiger partial charge < -0.3 is 15.7 Å². The van der Waals surface area contributed by atoms with Gasteiger partial charge in [0.1, 0.15) is 5.54 Å². The molecule has 0 spiro atoms. The zero-order valence-electron chi connectivity index (χ0n) is 11.2. The predicted octanol–water partition coefficient (Wildman–Crippen LogP) is 0.890. The van der Waals surface area contributed by atoms with Crippen LogP contribution in [0.4, 0.5) is 0 Å². The second-order valence-electron chi connectivity index (χ2n) is 5.41. The van der Waals surface area contributed by atoms with Gasteiger partial charge in [0, 0.05) is 30.9 Å². The van der Waals surface area contributed by atoms with Crippen molar-refractivity contribution in [3.8, 4) is 0 Å². The second kappa shape index (κ2) is 5.67. The SMILES string of the molecule is CN(CCc1ccccn1)C1CCC(N)(C(=O)O)C1. The van der Waals surface area contributed by atoms with Crippen molar-refractivity contribution in [1.29, 1.82) is 0 Å². The number of aromatic nitrogens is 1. The van der Waals surface area contributed by atoms with Crippen molar-refractivity contribution >= 4 is 5.97 Å². The van der Waals surface area contributed by atoms with E-state index in [4.69, 9.17) is 10.8 Å². The van der Waals surface area contributed by atoms with Crippen LogP contribution in [0.3, 0.4) is 0 Å². The summed E-state index contributed by atoms with van der Waals surface area (Å²) in [6.45, 7) is 0.872. The highest BCUT2D eigenvalue weighted by molar-refractivity contribution is 5.79. The lowest BCUT2D eigenvalue weighted by Gasteiger charge is -2.25. The smallest absolute Gasteiger partial charge is 0.323 e. The van der Waals surface area contributed by atoms with E-state index >= 15 is 0 Å². The zero-order chi connectivity index (χ0) is 13.9. The number of carbonyl (C=O) groups is 1. The van der Waals surface area contributed by atoms with Gasteiger partial charge in [0.05, 0.1) is 0 Å². The van der Waals surface area contributed by atoms with E-state index in [-0.39, 0.29) is 6.04 Å².